The number of hydrogen-bond donors (Lipinski definition) is 0. The van der Waals surface area contributed by atoms with Crippen LogP contribution in [0.15, 0.2) is 0 Å². The van der Waals surface area contributed by atoms with Gasteiger partial charge in [0.25, 0.3) is 0 Å². The van der Waals surface area contributed by atoms with Gasteiger partial charge in [-0.1, -0.05) is 5.92 Å². The van der Waals surface area contributed by atoms with Crippen LogP contribution < -0.4 is 0 Å². The minimum absolute atomic E-state index is 0.479. The van der Waals surface area contributed by atoms with Crippen LogP contribution in [0.25, 0.3) is 0 Å². The van der Waals surface area contributed by atoms with Crippen molar-refractivity contribution in [3.63, 3.8) is 0 Å². The van der Waals surface area contributed by atoms with Crippen molar-refractivity contribution < 1.29 is 0 Å². The molecule has 0 aromatic heterocycles. The Morgan fingerprint density at radius 1 is 1.30 bits per heavy atom. The lowest BCUT2D eigenvalue weighted by Gasteiger charge is -2.18. The predicted octanol–water partition coefficient (Wildman–Crippen LogP) is 1.25. The zero-order chi connectivity index (χ0) is 6.97. The summed E-state index contributed by atoms with van der Waals surface area (Å²) in [5.41, 5.74) is 0. The molecule has 0 unspecified atom stereocenters. The Morgan fingerprint density at radius 3 is 3.00 bits per heavy atom. The molecular weight excluding hydrogens is 122 g/mol. The van der Waals surface area contributed by atoms with Crippen molar-refractivity contribution in [2.45, 2.75) is 37.8 Å². The van der Waals surface area contributed by atoms with Gasteiger partial charge in [-0.25, -0.2) is 0 Å². The van der Waals surface area contributed by atoms with Gasteiger partial charge in [-0.2, -0.15) is 0 Å². The lowest BCUT2D eigenvalue weighted by Crippen LogP contribution is -2.29. The molecule has 10 heavy (non-hydrogen) atoms. The first-order valence-corrected chi connectivity index (χ1v) is 4.13. The summed E-state index contributed by atoms with van der Waals surface area (Å²) in [6.07, 6.45) is 10.7. The maximum absolute atomic E-state index is 5.40. The number of hydrogen-bond acceptors (Lipinski definition) is 1. The first-order valence-electron chi connectivity index (χ1n) is 4.13. The van der Waals surface area contributed by atoms with Gasteiger partial charge >= 0.3 is 0 Å². The number of nitrogens with zero attached hydrogens (tertiary/aromatic N) is 1. The molecule has 54 valence electrons. The first-order chi connectivity index (χ1) is 4.92. The van der Waals surface area contributed by atoms with Crippen molar-refractivity contribution >= 4 is 0 Å². The first kappa shape index (κ1) is 6.24. The zero-order valence-electron chi connectivity index (χ0n) is 6.21. The van der Waals surface area contributed by atoms with Gasteiger partial charge in [-0.05, 0) is 32.2 Å². The van der Waals surface area contributed by atoms with E-state index in [2.05, 4.69) is 10.8 Å². The second kappa shape index (κ2) is 2.29. The summed E-state index contributed by atoms with van der Waals surface area (Å²) in [6, 6.07) is 1.33. The summed E-state index contributed by atoms with van der Waals surface area (Å²) in [7, 11) is 0. The molecule has 0 radical (unpaired) electrons. The Hall–Kier alpha value is -0.480. The van der Waals surface area contributed by atoms with E-state index in [1.54, 1.807) is 0 Å². The van der Waals surface area contributed by atoms with E-state index in [4.69, 9.17) is 6.42 Å². The highest BCUT2D eigenvalue weighted by atomic mass is 15.2. The van der Waals surface area contributed by atoms with Crippen LogP contribution >= 0.6 is 0 Å². The molecular formula is C9H13N. The van der Waals surface area contributed by atoms with E-state index < -0.39 is 0 Å². The smallest absolute Gasteiger partial charge is 0.0714 e. The quantitative estimate of drug-likeness (QED) is 0.452. The minimum atomic E-state index is 0.479. The summed E-state index contributed by atoms with van der Waals surface area (Å²) in [6.45, 7) is 1.25. The molecule has 2 rings (SSSR count). The minimum Gasteiger partial charge on any atom is -0.287 e. The molecule has 0 amide bonds. The molecule has 2 fully saturated rings. The maximum atomic E-state index is 5.40. The molecule has 0 aliphatic carbocycles. The van der Waals surface area contributed by atoms with Crippen molar-refractivity contribution in [2.24, 2.45) is 0 Å². The molecule has 0 aromatic rings. The van der Waals surface area contributed by atoms with Gasteiger partial charge in [0.2, 0.25) is 0 Å². The Balaban J connectivity index is 2.10. The predicted molar refractivity (Wildman–Crippen MR) is 41.6 cm³/mol. The largest absolute Gasteiger partial charge is 0.287 e. The highest BCUT2D eigenvalue weighted by molar-refractivity contribution is 5.07. The fourth-order valence-electron chi connectivity index (χ4n) is 2.27. The standard InChI is InChI=1S/C9H13N/c1-2-8-5-6-9-4-3-7-10(8)9/h1,8-9H,3-7H2/t8-,9-/m1/s1. The second-order valence-corrected chi connectivity index (χ2v) is 3.29. The van der Waals surface area contributed by atoms with E-state index in [9.17, 15) is 0 Å². The van der Waals surface area contributed by atoms with Crippen LogP contribution in [0, 0.1) is 12.3 Å². The highest BCUT2D eigenvalue weighted by Gasteiger charge is 2.35. The highest BCUT2D eigenvalue weighted by Crippen LogP contribution is 2.31. The second-order valence-electron chi connectivity index (χ2n) is 3.29. The molecule has 0 bridgehead atoms. The van der Waals surface area contributed by atoms with Crippen LogP contribution in [0.1, 0.15) is 25.7 Å². The molecule has 0 aromatic carbocycles. The zero-order valence-corrected chi connectivity index (χ0v) is 6.21. The lowest BCUT2D eigenvalue weighted by molar-refractivity contribution is 0.286. The van der Waals surface area contributed by atoms with Gasteiger partial charge in [0.15, 0.2) is 0 Å². The third kappa shape index (κ3) is 0.759. The third-order valence-corrected chi connectivity index (χ3v) is 2.79. The monoisotopic (exact) mass is 135 g/mol. The van der Waals surface area contributed by atoms with Crippen LogP contribution in [-0.2, 0) is 0 Å². The van der Waals surface area contributed by atoms with Crippen molar-refractivity contribution in [1.29, 1.82) is 0 Å². The van der Waals surface area contributed by atoms with Crippen LogP contribution in [0.4, 0.5) is 0 Å². The molecule has 1 nitrogen and oxygen atoms in total. The average molecular weight is 135 g/mol. The van der Waals surface area contributed by atoms with Gasteiger partial charge in [-0.15, -0.1) is 6.42 Å². The van der Waals surface area contributed by atoms with E-state index >= 15 is 0 Å². The number of fused-ring (bicyclic) bond motifs is 1. The van der Waals surface area contributed by atoms with Crippen molar-refractivity contribution in [2.75, 3.05) is 6.54 Å². The van der Waals surface area contributed by atoms with Crippen molar-refractivity contribution in [3.05, 3.63) is 0 Å². The maximum Gasteiger partial charge on any atom is 0.0714 e. The molecule has 1 heteroatoms. The van der Waals surface area contributed by atoms with Crippen molar-refractivity contribution in [1.82, 2.24) is 4.90 Å². The van der Waals surface area contributed by atoms with Crippen LogP contribution in [0.2, 0.25) is 0 Å². The number of terminal acetylenes is 1. The Bertz CT molecular complexity index is 168. The molecule has 0 spiro atoms. The lowest BCUT2D eigenvalue weighted by atomic mass is 10.1. The molecule has 2 atom stereocenters. The van der Waals surface area contributed by atoms with E-state index in [0.717, 1.165) is 6.04 Å². The van der Waals surface area contributed by atoms with Gasteiger partial charge in [0.05, 0.1) is 6.04 Å². The molecule has 2 aliphatic heterocycles. The Kier molecular flexibility index (Phi) is 1.43. The summed E-state index contributed by atoms with van der Waals surface area (Å²) in [5.74, 6) is 2.86. The molecule has 0 saturated carbocycles. The van der Waals surface area contributed by atoms with Crippen LogP contribution in [-0.4, -0.2) is 23.5 Å². The Morgan fingerprint density at radius 2 is 2.20 bits per heavy atom. The SMILES string of the molecule is C#C[C@@H]1CC[C@H]2CCCN21. The van der Waals surface area contributed by atoms with Gasteiger partial charge < -0.3 is 0 Å². The summed E-state index contributed by atoms with van der Waals surface area (Å²) in [5, 5.41) is 0. The van der Waals surface area contributed by atoms with E-state index in [1.165, 1.54) is 32.2 Å². The average Bonchev–Trinajstić information content (AvgIpc) is 2.44. The van der Waals surface area contributed by atoms with Crippen LogP contribution in [0.5, 0.6) is 0 Å². The van der Waals surface area contributed by atoms with Gasteiger partial charge in [-0.3, -0.25) is 4.90 Å². The molecule has 2 saturated heterocycles. The Labute approximate surface area is 62.4 Å². The third-order valence-electron chi connectivity index (χ3n) is 2.79. The van der Waals surface area contributed by atoms with E-state index in [0.29, 0.717) is 6.04 Å². The fraction of sp³-hybridized carbons (Fsp3) is 0.778. The van der Waals surface area contributed by atoms with Gasteiger partial charge in [0.1, 0.15) is 0 Å². The number of rotatable bonds is 0. The van der Waals surface area contributed by atoms with Crippen LogP contribution in [0.3, 0.4) is 0 Å². The molecule has 2 heterocycles. The van der Waals surface area contributed by atoms with E-state index in [-0.39, 0.29) is 0 Å². The summed E-state index contributed by atoms with van der Waals surface area (Å²) < 4.78 is 0. The fourth-order valence-corrected chi connectivity index (χ4v) is 2.27. The van der Waals surface area contributed by atoms with Crippen molar-refractivity contribution in [3.8, 4) is 12.3 Å². The summed E-state index contributed by atoms with van der Waals surface area (Å²) in [4.78, 5) is 2.50. The van der Waals surface area contributed by atoms with E-state index in [1.807, 2.05) is 0 Å². The van der Waals surface area contributed by atoms with Gasteiger partial charge in [0, 0.05) is 6.04 Å². The topological polar surface area (TPSA) is 3.24 Å². The molecule has 0 N–H and O–H groups in total. The molecule has 2 aliphatic rings. The summed E-state index contributed by atoms with van der Waals surface area (Å²) >= 11 is 0. The normalized spacial score (nSPS) is 39.5.